The fraction of sp³-hybridized carbons (Fsp3) is 0.533. The molecule has 114 valence electrons. The summed E-state index contributed by atoms with van der Waals surface area (Å²) in [6.45, 7) is 0.320. The second-order valence-electron chi connectivity index (χ2n) is 5.86. The Morgan fingerprint density at radius 1 is 1.52 bits per heavy atom. The van der Waals surface area contributed by atoms with Crippen molar-refractivity contribution in [2.24, 2.45) is 0 Å². The first-order valence-electron chi connectivity index (χ1n) is 7.16. The summed E-state index contributed by atoms with van der Waals surface area (Å²) in [4.78, 5) is 11.9. The lowest BCUT2D eigenvalue weighted by Crippen LogP contribution is -2.47. The Bertz CT molecular complexity index is 534. The second-order valence-corrected chi connectivity index (χ2v) is 7.40. The van der Waals surface area contributed by atoms with Gasteiger partial charge >= 0.3 is 6.03 Å². The monoisotopic (exact) mass is 326 g/mol. The van der Waals surface area contributed by atoms with Gasteiger partial charge in [0.1, 0.15) is 0 Å². The molecule has 1 saturated carbocycles. The minimum absolute atomic E-state index is 0.163. The number of rotatable bonds is 4. The molecule has 0 unspecified atom stereocenters. The third-order valence-electron chi connectivity index (χ3n) is 4.04. The molecule has 2 aliphatic rings. The van der Waals surface area contributed by atoms with Crippen molar-refractivity contribution in [3.63, 3.8) is 0 Å². The van der Waals surface area contributed by atoms with Crippen LogP contribution in [0.15, 0.2) is 24.3 Å². The topological polar surface area (TPSA) is 61.4 Å². The Hall–Kier alpha value is -0.910. The van der Waals surface area contributed by atoms with Gasteiger partial charge in [-0.25, -0.2) is 4.79 Å². The van der Waals surface area contributed by atoms with Gasteiger partial charge in [-0.1, -0.05) is 23.7 Å². The number of halogens is 1. The number of hydrogen-bond acceptors (Lipinski definition) is 3. The van der Waals surface area contributed by atoms with Crippen molar-refractivity contribution >= 4 is 29.4 Å². The number of thioether (sulfide) groups is 1. The van der Waals surface area contributed by atoms with E-state index in [-0.39, 0.29) is 12.1 Å². The van der Waals surface area contributed by atoms with Crippen LogP contribution in [-0.2, 0) is 0 Å². The van der Waals surface area contributed by atoms with Gasteiger partial charge in [-0.2, -0.15) is 11.8 Å². The number of urea groups is 1. The average molecular weight is 327 g/mol. The highest BCUT2D eigenvalue weighted by molar-refractivity contribution is 7.99. The molecule has 0 aromatic heterocycles. The van der Waals surface area contributed by atoms with Crippen LogP contribution in [0.4, 0.5) is 4.79 Å². The number of amides is 2. The predicted octanol–water partition coefficient (Wildman–Crippen LogP) is 2.36. The molecule has 1 heterocycles. The largest absolute Gasteiger partial charge is 0.387 e. The molecule has 2 fully saturated rings. The summed E-state index contributed by atoms with van der Waals surface area (Å²) >= 11 is 7.70. The van der Waals surface area contributed by atoms with Crippen LogP contribution in [0.3, 0.4) is 0 Å². The maximum Gasteiger partial charge on any atom is 0.315 e. The maximum atomic E-state index is 11.9. The summed E-state index contributed by atoms with van der Waals surface area (Å²) in [5, 5.41) is 16.6. The molecular formula is C15H19ClN2O2S. The first-order valence-corrected chi connectivity index (χ1v) is 8.69. The van der Waals surface area contributed by atoms with E-state index >= 15 is 0 Å². The van der Waals surface area contributed by atoms with Crippen molar-refractivity contribution in [2.45, 2.75) is 30.4 Å². The van der Waals surface area contributed by atoms with Crippen molar-refractivity contribution < 1.29 is 9.90 Å². The van der Waals surface area contributed by atoms with E-state index in [2.05, 4.69) is 10.6 Å². The van der Waals surface area contributed by atoms with E-state index < -0.39 is 5.60 Å². The second kappa shape index (κ2) is 6.07. The minimum Gasteiger partial charge on any atom is -0.387 e. The van der Waals surface area contributed by atoms with Gasteiger partial charge in [-0.15, -0.1) is 0 Å². The molecule has 1 aromatic carbocycles. The zero-order chi connectivity index (χ0) is 14.9. The van der Waals surface area contributed by atoms with Gasteiger partial charge in [0.2, 0.25) is 0 Å². The molecule has 3 atom stereocenters. The minimum atomic E-state index is -0.738. The maximum absolute atomic E-state index is 11.9. The molecular weight excluding hydrogens is 308 g/mol. The molecule has 1 saturated heterocycles. The van der Waals surface area contributed by atoms with Crippen LogP contribution in [0, 0.1) is 0 Å². The zero-order valence-electron chi connectivity index (χ0n) is 11.6. The molecule has 2 amide bonds. The van der Waals surface area contributed by atoms with E-state index in [9.17, 15) is 9.90 Å². The van der Waals surface area contributed by atoms with E-state index in [0.29, 0.717) is 18.2 Å². The van der Waals surface area contributed by atoms with E-state index in [4.69, 9.17) is 11.6 Å². The molecule has 21 heavy (non-hydrogen) atoms. The first-order chi connectivity index (χ1) is 10.1. The number of nitrogens with one attached hydrogen (secondary N) is 2. The highest BCUT2D eigenvalue weighted by Gasteiger charge is 2.40. The van der Waals surface area contributed by atoms with Crippen molar-refractivity contribution in [1.82, 2.24) is 10.6 Å². The van der Waals surface area contributed by atoms with Crippen LogP contribution < -0.4 is 10.6 Å². The Morgan fingerprint density at radius 3 is 3.10 bits per heavy atom. The molecule has 6 heteroatoms. The van der Waals surface area contributed by atoms with Crippen LogP contribution in [0.25, 0.3) is 0 Å². The first kappa shape index (κ1) is 15.0. The summed E-state index contributed by atoms with van der Waals surface area (Å²) in [5.41, 5.74) is 0.427. The number of carbonyl (C=O) groups excluding carboxylic acids is 1. The van der Waals surface area contributed by atoms with Crippen LogP contribution in [0.1, 0.15) is 24.3 Å². The quantitative estimate of drug-likeness (QED) is 0.796. The molecule has 1 aromatic rings. The van der Waals surface area contributed by atoms with Crippen molar-refractivity contribution in [1.29, 1.82) is 0 Å². The SMILES string of the molecule is O=C(NC[C@]1(O)CCSC1)N[C@@H]1C[C@H]1c1cccc(Cl)c1. The predicted molar refractivity (Wildman–Crippen MR) is 86.0 cm³/mol. The Kier molecular flexibility index (Phi) is 4.33. The highest BCUT2D eigenvalue weighted by Crippen LogP contribution is 2.41. The molecule has 4 nitrogen and oxygen atoms in total. The fourth-order valence-electron chi connectivity index (χ4n) is 2.66. The number of hydrogen-bond donors (Lipinski definition) is 3. The Labute approximate surface area is 133 Å². The Balaban J connectivity index is 1.44. The summed E-state index contributed by atoms with van der Waals surface area (Å²) in [5.74, 6) is 2.00. The molecule has 0 radical (unpaired) electrons. The van der Waals surface area contributed by atoms with Gasteiger partial charge in [0.15, 0.2) is 0 Å². The van der Waals surface area contributed by atoms with Gasteiger partial charge in [0, 0.05) is 29.3 Å². The van der Waals surface area contributed by atoms with E-state index in [1.165, 1.54) is 5.56 Å². The van der Waals surface area contributed by atoms with Crippen molar-refractivity contribution in [3.05, 3.63) is 34.9 Å². The number of aliphatic hydroxyl groups is 1. The van der Waals surface area contributed by atoms with Gasteiger partial charge in [0.25, 0.3) is 0 Å². The third kappa shape index (κ3) is 3.84. The number of benzene rings is 1. The zero-order valence-corrected chi connectivity index (χ0v) is 13.2. The summed E-state index contributed by atoms with van der Waals surface area (Å²) < 4.78 is 0. The average Bonchev–Trinajstić information content (AvgIpc) is 3.08. The highest BCUT2D eigenvalue weighted by atomic mass is 35.5. The summed E-state index contributed by atoms with van der Waals surface area (Å²) in [7, 11) is 0. The summed E-state index contributed by atoms with van der Waals surface area (Å²) in [6, 6.07) is 7.73. The fourth-order valence-corrected chi connectivity index (χ4v) is 4.15. The van der Waals surface area contributed by atoms with Gasteiger partial charge < -0.3 is 15.7 Å². The van der Waals surface area contributed by atoms with Gasteiger partial charge in [-0.05, 0) is 36.3 Å². The lowest BCUT2D eigenvalue weighted by Gasteiger charge is -2.21. The summed E-state index contributed by atoms with van der Waals surface area (Å²) in [6.07, 6.45) is 1.68. The number of carbonyl (C=O) groups is 1. The van der Waals surface area contributed by atoms with Crippen LogP contribution in [-0.4, -0.2) is 40.8 Å². The van der Waals surface area contributed by atoms with Crippen LogP contribution >= 0.6 is 23.4 Å². The van der Waals surface area contributed by atoms with E-state index in [1.54, 1.807) is 11.8 Å². The lowest BCUT2D eigenvalue weighted by molar-refractivity contribution is 0.0700. The molecule has 1 aliphatic heterocycles. The van der Waals surface area contributed by atoms with Crippen LogP contribution in [0.2, 0.25) is 5.02 Å². The molecule has 3 rings (SSSR count). The van der Waals surface area contributed by atoms with Gasteiger partial charge in [0.05, 0.1) is 5.60 Å². The molecule has 0 spiro atoms. The molecule has 3 N–H and O–H groups in total. The standard InChI is InChI=1S/C15H19ClN2O2S/c16-11-3-1-2-10(6-11)12-7-13(12)18-14(19)17-8-15(20)4-5-21-9-15/h1-3,6,12-13,20H,4-5,7-9H2,(H2,17,18,19)/t12-,13+,15+/m0/s1. The normalized spacial score (nSPS) is 31.0. The van der Waals surface area contributed by atoms with E-state index in [0.717, 1.165) is 23.6 Å². The molecule has 0 bridgehead atoms. The van der Waals surface area contributed by atoms with Gasteiger partial charge in [-0.3, -0.25) is 0 Å². The smallest absolute Gasteiger partial charge is 0.315 e. The third-order valence-corrected chi connectivity index (χ3v) is 5.51. The lowest BCUT2D eigenvalue weighted by atomic mass is 10.0. The molecule has 1 aliphatic carbocycles. The van der Waals surface area contributed by atoms with E-state index in [1.807, 2.05) is 24.3 Å². The van der Waals surface area contributed by atoms with Crippen LogP contribution in [0.5, 0.6) is 0 Å². The van der Waals surface area contributed by atoms with Crippen molar-refractivity contribution in [3.8, 4) is 0 Å². The Morgan fingerprint density at radius 2 is 2.38 bits per heavy atom. The van der Waals surface area contributed by atoms with Crippen molar-refractivity contribution in [2.75, 3.05) is 18.1 Å².